The van der Waals surface area contributed by atoms with Crippen LogP contribution in [0.25, 0.3) is 11.0 Å². The minimum atomic E-state index is -0.855. The Balaban J connectivity index is 2.57. The van der Waals surface area contributed by atoms with Gasteiger partial charge in [-0.1, -0.05) is 12.2 Å². The Labute approximate surface area is 103 Å². The lowest BCUT2D eigenvalue weighted by atomic mass is 10.3. The van der Waals surface area contributed by atoms with Crippen LogP contribution in [0.15, 0.2) is 24.3 Å². The van der Waals surface area contributed by atoms with E-state index < -0.39 is 11.6 Å². The number of hydrogen-bond donors (Lipinski definition) is 1. The van der Waals surface area contributed by atoms with Crippen molar-refractivity contribution in [1.29, 1.82) is 0 Å². The molecule has 0 aliphatic rings. The van der Waals surface area contributed by atoms with E-state index in [0.717, 1.165) is 12.5 Å². The van der Waals surface area contributed by atoms with Gasteiger partial charge in [0.05, 0.1) is 5.52 Å². The minimum Gasteiger partial charge on any atom is -0.330 e. The number of H-pyrrole nitrogens is 1. The van der Waals surface area contributed by atoms with E-state index in [1.54, 1.807) is 4.57 Å². The molecule has 0 atom stereocenters. The molecule has 17 heavy (non-hydrogen) atoms. The fraction of sp³-hybridized carbons (Fsp3) is 0.250. The van der Waals surface area contributed by atoms with Crippen molar-refractivity contribution in [2.24, 2.45) is 0 Å². The van der Waals surface area contributed by atoms with Gasteiger partial charge in [0.15, 0.2) is 16.4 Å². The summed E-state index contributed by atoms with van der Waals surface area (Å²) in [6.07, 6.45) is 4.60. The Kier molecular flexibility index (Phi) is 3.38. The van der Waals surface area contributed by atoms with Crippen molar-refractivity contribution in [3.05, 3.63) is 40.7 Å². The van der Waals surface area contributed by atoms with Crippen LogP contribution in [0.4, 0.5) is 8.78 Å². The highest BCUT2D eigenvalue weighted by atomic mass is 32.1. The monoisotopic (exact) mass is 254 g/mol. The molecule has 1 N–H and O–H groups in total. The molecule has 2 nitrogen and oxygen atoms in total. The lowest BCUT2D eigenvalue weighted by molar-refractivity contribution is 0.511. The third-order valence-corrected chi connectivity index (χ3v) is 2.90. The van der Waals surface area contributed by atoms with Gasteiger partial charge in [0, 0.05) is 6.54 Å². The lowest BCUT2D eigenvalue weighted by Crippen LogP contribution is -1.99. The second-order valence-corrected chi connectivity index (χ2v) is 4.08. The maximum absolute atomic E-state index is 13.7. The Morgan fingerprint density at radius 2 is 2.18 bits per heavy atom. The van der Waals surface area contributed by atoms with Gasteiger partial charge in [-0.05, 0) is 37.7 Å². The van der Waals surface area contributed by atoms with Gasteiger partial charge in [0.25, 0.3) is 0 Å². The SMILES string of the molecule is C/C=C/CCn1c(=S)[nH]c2ccc(F)c(F)c21. The lowest BCUT2D eigenvalue weighted by Gasteiger charge is -2.03. The second-order valence-electron chi connectivity index (χ2n) is 3.70. The molecule has 5 heteroatoms. The van der Waals surface area contributed by atoms with E-state index >= 15 is 0 Å². The van der Waals surface area contributed by atoms with E-state index in [-0.39, 0.29) is 5.52 Å². The predicted molar refractivity (Wildman–Crippen MR) is 66.5 cm³/mol. The number of imidazole rings is 1. The van der Waals surface area contributed by atoms with Gasteiger partial charge in [0.2, 0.25) is 0 Å². The molecule has 0 radical (unpaired) electrons. The number of nitrogens with one attached hydrogen (secondary N) is 1. The molecule has 2 rings (SSSR count). The summed E-state index contributed by atoms with van der Waals surface area (Å²) in [5.41, 5.74) is 0.730. The van der Waals surface area contributed by atoms with Gasteiger partial charge in [-0.3, -0.25) is 0 Å². The van der Waals surface area contributed by atoms with Crippen LogP contribution >= 0.6 is 12.2 Å². The van der Waals surface area contributed by atoms with Crippen LogP contribution < -0.4 is 0 Å². The summed E-state index contributed by atoms with van der Waals surface area (Å²) >= 11 is 5.10. The third kappa shape index (κ3) is 2.15. The van der Waals surface area contributed by atoms with Crippen LogP contribution in [0.5, 0.6) is 0 Å². The molecule has 0 fully saturated rings. The van der Waals surface area contributed by atoms with Crippen LogP contribution in [0.2, 0.25) is 0 Å². The Hall–Kier alpha value is -1.49. The van der Waals surface area contributed by atoms with Crippen LogP contribution in [0.3, 0.4) is 0 Å². The topological polar surface area (TPSA) is 20.7 Å². The molecule has 0 amide bonds. The molecular weight excluding hydrogens is 242 g/mol. The van der Waals surface area contributed by atoms with E-state index in [4.69, 9.17) is 12.2 Å². The molecule has 1 aromatic heterocycles. The van der Waals surface area contributed by atoms with Crippen molar-refractivity contribution in [2.45, 2.75) is 19.9 Å². The number of halogens is 2. The smallest absolute Gasteiger partial charge is 0.184 e. The van der Waals surface area contributed by atoms with Crippen LogP contribution in [0, 0.1) is 16.4 Å². The largest absolute Gasteiger partial charge is 0.330 e. The molecule has 90 valence electrons. The van der Waals surface area contributed by atoms with Crippen LogP contribution in [-0.2, 0) is 6.54 Å². The molecule has 0 spiro atoms. The van der Waals surface area contributed by atoms with E-state index in [1.165, 1.54) is 6.07 Å². The average molecular weight is 254 g/mol. The fourth-order valence-corrected chi connectivity index (χ4v) is 2.07. The van der Waals surface area contributed by atoms with E-state index in [2.05, 4.69) is 4.98 Å². The van der Waals surface area contributed by atoms with Crippen LogP contribution in [-0.4, -0.2) is 9.55 Å². The zero-order valence-corrected chi connectivity index (χ0v) is 10.2. The van der Waals surface area contributed by atoms with Gasteiger partial charge in [-0.25, -0.2) is 8.78 Å². The number of benzene rings is 1. The molecule has 2 aromatic rings. The van der Waals surface area contributed by atoms with Gasteiger partial charge in [-0.15, -0.1) is 0 Å². The summed E-state index contributed by atoms with van der Waals surface area (Å²) in [5.74, 6) is -1.71. The van der Waals surface area contributed by atoms with Crippen molar-refractivity contribution in [2.75, 3.05) is 0 Å². The van der Waals surface area contributed by atoms with Crippen molar-refractivity contribution in [3.8, 4) is 0 Å². The zero-order chi connectivity index (χ0) is 12.4. The standard InChI is InChI=1S/C12H12F2N2S/c1-2-3-4-7-16-11-9(15-12(16)17)6-5-8(13)10(11)14/h2-3,5-6H,4,7H2,1H3,(H,15,17)/b3-2+. The molecule has 0 aliphatic heterocycles. The Bertz CT molecular complexity index is 625. The normalized spacial score (nSPS) is 11.7. The quantitative estimate of drug-likeness (QED) is 0.650. The first-order valence-electron chi connectivity index (χ1n) is 5.33. The van der Waals surface area contributed by atoms with E-state index in [0.29, 0.717) is 16.8 Å². The summed E-state index contributed by atoms with van der Waals surface area (Å²) in [6.45, 7) is 2.44. The summed E-state index contributed by atoms with van der Waals surface area (Å²) in [7, 11) is 0. The highest BCUT2D eigenvalue weighted by Gasteiger charge is 2.12. The van der Waals surface area contributed by atoms with Crippen molar-refractivity contribution >= 4 is 23.3 Å². The van der Waals surface area contributed by atoms with Gasteiger partial charge in [0.1, 0.15) is 5.52 Å². The van der Waals surface area contributed by atoms with E-state index in [9.17, 15) is 8.78 Å². The zero-order valence-electron chi connectivity index (χ0n) is 9.34. The molecule has 0 saturated carbocycles. The molecule has 1 heterocycles. The summed E-state index contributed by atoms with van der Waals surface area (Å²) in [6, 6.07) is 2.59. The molecular formula is C12H12F2N2S. The van der Waals surface area contributed by atoms with Gasteiger partial charge < -0.3 is 9.55 Å². The highest BCUT2D eigenvalue weighted by Crippen LogP contribution is 2.20. The van der Waals surface area contributed by atoms with Gasteiger partial charge >= 0.3 is 0 Å². The maximum Gasteiger partial charge on any atom is 0.184 e. The first-order valence-corrected chi connectivity index (χ1v) is 5.73. The minimum absolute atomic E-state index is 0.208. The average Bonchev–Trinajstić information content (AvgIpc) is 2.62. The molecule has 0 bridgehead atoms. The number of nitrogens with zero attached hydrogens (tertiary/aromatic N) is 1. The third-order valence-electron chi connectivity index (χ3n) is 2.58. The Morgan fingerprint density at radius 1 is 1.41 bits per heavy atom. The van der Waals surface area contributed by atoms with Crippen molar-refractivity contribution in [1.82, 2.24) is 9.55 Å². The Morgan fingerprint density at radius 3 is 2.88 bits per heavy atom. The molecule has 1 aromatic carbocycles. The van der Waals surface area contributed by atoms with Gasteiger partial charge in [-0.2, -0.15) is 0 Å². The first-order chi connectivity index (χ1) is 8.15. The number of aromatic nitrogens is 2. The summed E-state index contributed by atoms with van der Waals surface area (Å²) in [5, 5.41) is 0. The van der Waals surface area contributed by atoms with E-state index in [1.807, 2.05) is 19.1 Å². The number of rotatable bonds is 3. The fourth-order valence-electron chi connectivity index (χ4n) is 1.77. The number of fused-ring (bicyclic) bond motifs is 1. The predicted octanol–water partition coefficient (Wildman–Crippen LogP) is 3.94. The van der Waals surface area contributed by atoms with Crippen molar-refractivity contribution in [3.63, 3.8) is 0 Å². The van der Waals surface area contributed by atoms with Crippen LogP contribution in [0.1, 0.15) is 13.3 Å². The summed E-state index contributed by atoms with van der Waals surface area (Å²) < 4.78 is 28.9. The molecule has 0 saturated heterocycles. The summed E-state index contributed by atoms with van der Waals surface area (Å²) in [4.78, 5) is 2.87. The second kappa shape index (κ2) is 4.79. The number of aromatic amines is 1. The number of allylic oxidation sites excluding steroid dienone is 2. The number of aryl methyl sites for hydroxylation is 1. The highest BCUT2D eigenvalue weighted by molar-refractivity contribution is 7.71. The molecule has 0 unspecified atom stereocenters. The van der Waals surface area contributed by atoms with Crippen molar-refractivity contribution < 1.29 is 8.78 Å². The maximum atomic E-state index is 13.7. The number of hydrogen-bond acceptors (Lipinski definition) is 1. The molecule has 0 aliphatic carbocycles. The first kappa shape index (κ1) is 12.0.